The molecule has 2 aromatic heterocycles. The first-order chi connectivity index (χ1) is 16.2. The number of aliphatic hydroxyl groups excluding tert-OH is 1. The first-order valence-electron chi connectivity index (χ1n) is 11.3. The molecule has 0 spiro atoms. The molecule has 2 aliphatic rings. The fourth-order valence-corrected chi connectivity index (χ4v) is 4.37. The molecule has 3 aromatic rings. The van der Waals surface area contributed by atoms with Crippen molar-refractivity contribution in [3.63, 3.8) is 0 Å². The van der Waals surface area contributed by atoms with Crippen molar-refractivity contribution in [3.05, 3.63) is 35.9 Å². The fourth-order valence-electron chi connectivity index (χ4n) is 4.37. The molecule has 0 unspecified atom stereocenters. The van der Waals surface area contributed by atoms with Crippen LogP contribution < -0.4 is 14.5 Å². The van der Waals surface area contributed by atoms with Gasteiger partial charge in [0.1, 0.15) is 11.6 Å². The zero-order valence-electron chi connectivity index (χ0n) is 19.0. The highest BCUT2D eigenvalue weighted by molar-refractivity contribution is 5.90. The summed E-state index contributed by atoms with van der Waals surface area (Å²) in [6.07, 6.45) is 0. The second-order valence-electron chi connectivity index (χ2n) is 8.32. The zero-order valence-corrected chi connectivity index (χ0v) is 19.0. The smallest absolute Gasteiger partial charge is 0.229 e. The summed E-state index contributed by atoms with van der Waals surface area (Å²) in [7, 11) is 1.60. The number of anilines is 2. The summed E-state index contributed by atoms with van der Waals surface area (Å²) in [6.45, 7) is 6.99. The van der Waals surface area contributed by atoms with Crippen LogP contribution in [0.1, 0.15) is 12.5 Å². The highest BCUT2D eigenvalue weighted by atomic mass is 16.5. The highest BCUT2D eigenvalue weighted by Crippen LogP contribution is 2.31. The van der Waals surface area contributed by atoms with Crippen LogP contribution in [0.5, 0.6) is 5.75 Å². The van der Waals surface area contributed by atoms with E-state index in [-0.39, 0.29) is 12.6 Å². The number of pyridine rings is 1. The minimum absolute atomic E-state index is 0.104. The normalized spacial score (nSPS) is 19.2. The van der Waals surface area contributed by atoms with Gasteiger partial charge in [0, 0.05) is 30.8 Å². The van der Waals surface area contributed by atoms with Crippen molar-refractivity contribution in [1.82, 2.24) is 15.0 Å². The predicted molar refractivity (Wildman–Crippen MR) is 126 cm³/mol. The maximum Gasteiger partial charge on any atom is 0.229 e. The lowest BCUT2D eigenvalue weighted by Gasteiger charge is -2.34. The molecule has 0 saturated carbocycles. The minimum atomic E-state index is -0.104. The maximum absolute atomic E-state index is 9.73. The first-order valence-corrected chi connectivity index (χ1v) is 11.3. The van der Waals surface area contributed by atoms with Crippen LogP contribution in [0.4, 0.5) is 11.8 Å². The van der Waals surface area contributed by atoms with Gasteiger partial charge in [0.15, 0.2) is 5.65 Å². The Balaban J connectivity index is 1.62. The molecule has 1 N–H and O–H groups in total. The van der Waals surface area contributed by atoms with E-state index in [2.05, 4.69) is 16.7 Å². The van der Waals surface area contributed by atoms with Crippen molar-refractivity contribution in [3.8, 4) is 17.0 Å². The number of hydrogen-bond acceptors (Lipinski definition) is 9. The number of benzene rings is 1. The Morgan fingerprint density at radius 2 is 1.85 bits per heavy atom. The van der Waals surface area contributed by atoms with Gasteiger partial charge in [-0.1, -0.05) is 0 Å². The van der Waals surface area contributed by atoms with Crippen molar-refractivity contribution >= 4 is 22.8 Å². The summed E-state index contributed by atoms with van der Waals surface area (Å²) in [5, 5.41) is 10.6. The number of aromatic nitrogens is 3. The first kappa shape index (κ1) is 21.8. The Morgan fingerprint density at radius 3 is 2.61 bits per heavy atom. The van der Waals surface area contributed by atoms with Crippen LogP contribution in [0.2, 0.25) is 0 Å². The van der Waals surface area contributed by atoms with E-state index in [4.69, 9.17) is 29.2 Å². The van der Waals surface area contributed by atoms with E-state index < -0.39 is 0 Å². The number of rotatable bonds is 5. The molecule has 0 radical (unpaired) electrons. The van der Waals surface area contributed by atoms with Gasteiger partial charge in [-0.3, -0.25) is 0 Å². The van der Waals surface area contributed by atoms with Crippen molar-refractivity contribution in [1.29, 1.82) is 0 Å². The average molecular weight is 452 g/mol. The zero-order chi connectivity index (χ0) is 22.8. The van der Waals surface area contributed by atoms with E-state index in [0.717, 1.165) is 47.7 Å². The van der Waals surface area contributed by atoms with E-state index >= 15 is 0 Å². The van der Waals surface area contributed by atoms with Gasteiger partial charge in [-0.2, -0.15) is 9.97 Å². The molecule has 174 valence electrons. The molecule has 1 atom stereocenters. The van der Waals surface area contributed by atoms with Gasteiger partial charge < -0.3 is 29.1 Å². The molecule has 9 heteroatoms. The van der Waals surface area contributed by atoms with Gasteiger partial charge in [0.25, 0.3) is 0 Å². The van der Waals surface area contributed by atoms with Crippen LogP contribution >= 0.6 is 0 Å². The molecular formula is C24H29N5O4. The van der Waals surface area contributed by atoms with Crippen LogP contribution in [-0.4, -0.2) is 79.3 Å². The van der Waals surface area contributed by atoms with Crippen molar-refractivity contribution in [2.24, 2.45) is 0 Å². The third-order valence-corrected chi connectivity index (χ3v) is 6.21. The van der Waals surface area contributed by atoms with Gasteiger partial charge in [-0.15, -0.1) is 0 Å². The molecule has 5 rings (SSSR count). The number of aliphatic hydroxyl groups is 1. The second kappa shape index (κ2) is 9.46. The molecule has 9 nitrogen and oxygen atoms in total. The van der Waals surface area contributed by atoms with Crippen LogP contribution in [0.3, 0.4) is 0 Å². The molecule has 2 fully saturated rings. The number of morpholine rings is 2. The van der Waals surface area contributed by atoms with Gasteiger partial charge in [-0.25, -0.2) is 4.98 Å². The molecular weight excluding hydrogens is 422 g/mol. The molecule has 4 heterocycles. The van der Waals surface area contributed by atoms with Crippen LogP contribution in [0, 0.1) is 0 Å². The number of ether oxygens (including phenoxy) is 3. The molecule has 2 aliphatic heterocycles. The Hall–Kier alpha value is -3.01. The third-order valence-electron chi connectivity index (χ3n) is 6.21. The Morgan fingerprint density at radius 1 is 1.03 bits per heavy atom. The van der Waals surface area contributed by atoms with Gasteiger partial charge in [0.05, 0.1) is 57.3 Å². The molecule has 33 heavy (non-hydrogen) atoms. The van der Waals surface area contributed by atoms with Gasteiger partial charge in [-0.05, 0) is 37.3 Å². The number of nitrogens with zero attached hydrogens (tertiary/aromatic N) is 5. The van der Waals surface area contributed by atoms with Crippen LogP contribution in [-0.2, 0) is 16.1 Å². The number of fused-ring (bicyclic) bond motifs is 1. The highest BCUT2D eigenvalue weighted by Gasteiger charge is 2.25. The van der Waals surface area contributed by atoms with Crippen LogP contribution in [0.25, 0.3) is 22.3 Å². The number of methoxy groups -OCH3 is 1. The summed E-state index contributed by atoms with van der Waals surface area (Å²) in [5.74, 6) is 2.22. The summed E-state index contributed by atoms with van der Waals surface area (Å²) < 4.78 is 16.5. The Bertz CT molecular complexity index is 1140. The summed E-state index contributed by atoms with van der Waals surface area (Å²) in [5.41, 5.74) is 3.05. The maximum atomic E-state index is 9.73. The lowest BCUT2D eigenvalue weighted by Crippen LogP contribution is -2.45. The van der Waals surface area contributed by atoms with Crippen LogP contribution in [0.15, 0.2) is 30.3 Å². The fraction of sp³-hybridized carbons (Fsp3) is 0.458. The molecule has 0 aliphatic carbocycles. The minimum Gasteiger partial charge on any atom is -0.496 e. The van der Waals surface area contributed by atoms with Crippen molar-refractivity contribution in [2.45, 2.75) is 19.6 Å². The Labute approximate surface area is 192 Å². The standard InChI is InChI=1S/C24H29N5O4/c1-16-15-33-12-9-29(16)24-26-22-19(23(27-24)28-7-10-32-11-8-28)4-5-20(25-22)17-3-6-21(31-2)18(13-17)14-30/h3-6,13,16,30H,7-12,14-15H2,1-2H3/t16-/m0/s1. The number of hydrogen-bond donors (Lipinski definition) is 1. The van der Waals surface area contributed by atoms with E-state index in [1.165, 1.54) is 0 Å². The second-order valence-corrected chi connectivity index (χ2v) is 8.32. The lowest BCUT2D eigenvalue weighted by atomic mass is 10.1. The molecule has 0 bridgehead atoms. The van der Waals surface area contributed by atoms with E-state index in [1.54, 1.807) is 7.11 Å². The van der Waals surface area contributed by atoms with Gasteiger partial charge in [0.2, 0.25) is 5.95 Å². The third kappa shape index (κ3) is 4.31. The van der Waals surface area contributed by atoms with E-state index in [0.29, 0.717) is 43.8 Å². The van der Waals surface area contributed by atoms with Crippen molar-refractivity contribution in [2.75, 3.05) is 63.0 Å². The summed E-state index contributed by atoms with van der Waals surface area (Å²) in [4.78, 5) is 19.2. The topological polar surface area (TPSA) is 93.1 Å². The van der Waals surface area contributed by atoms with E-state index in [9.17, 15) is 5.11 Å². The predicted octanol–water partition coefficient (Wildman–Crippen LogP) is 2.25. The van der Waals surface area contributed by atoms with Gasteiger partial charge >= 0.3 is 0 Å². The van der Waals surface area contributed by atoms with E-state index in [1.807, 2.05) is 30.3 Å². The van der Waals surface area contributed by atoms with Crippen molar-refractivity contribution < 1.29 is 19.3 Å². The average Bonchev–Trinajstić information content (AvgIpc) is 2.88. The summed E-state index contributed by atoms with van der Waals surface area (Å²) in [6, 6.07) is 9.91. The Kier molecular flexibility index (Phi) is 6.26. The monoisotopic (exact) mass is 451 g/mol. The quantitative estimate of drug-likeness (QED) is 0.627. The SMILES string of the molecule is COc1ccc(-c2ccc3c(N4CCOCC4)nc(N4CCOC[C@@H]4C)nc3n2)cc1CO. The lowest BCUT2D eigenvalue weighted by molar-refractivity contribution is 0.0981. The molecule has 1 aromatic carbocycles. The molecule has 2 saturated heterocycles. The largest absolute Gasteiger partial charge is 0.496 e. The molecule has 0 amide bonds. The summed E-state index contributed by atoms with van der Waals surface area (Å²) >= 11 is 0.